The molecule has 2 rings (SSSR count). The number of hydrogen-bond acceptors (Lipinski definition) is 2. The highest BCUT2D eigenvalue weighted by atomic mass is 14.9. The summed E-state index contributed by atoms with van der Waals surface area (Å²) in [5.41, 5.74) is 9.36. The highest BCUT2D eigenvalue weighted by molar-refractivity contribution is 5.47. The molecule has 2 nitrogen and oxygen atoms in total. The number of rotatable bonds is 3. The van der Waals surface area contributed by atoms with Gasteiger partial charge in [0, 0.05) is 11.7 Å². The van der Waals surface area contributed by atoms with E-state index in [1.54, 1.807) is 0 Å². The molecule has 0 radical (unpaired) electrons. The molecule has 1 aromatic rings. The quantitative estimate of drug-likeness (QED) is 0.598. The second kappa shape index (κ2) is 4.59. The van der Waals surface area contributed by atoms with Gasteiger partial charge < -0.3 is 5.73 Å². The number of benzene rings is 1. The van der Waals surface area contributed by atoms with Crippen molar-refractivity contribution in [3.05, 3.63) is 29.3 Å². The van der Waals surface area contributed by atoms with E-state index in [1.165, 1.54) is 11.1 Å². The van der Waals surface area contributed by atoms with Gasteiger partial charge in [0.05, 0.1) is 6.04 Å². The smallest absolute Gasteiger partial charge is 0.0689 e. The first-order valence-electron chi connectivity index (χ1n) is 5.85. The van der Waals surface area contributed by atoms with Gasteiger partial charge in [-0.05, 0) is 42.5 Å². The number of fused-ring (bicyclic) bond motifs is 1. The molecule has 0 spiro atoms. The summed E-state index contributed by atoms with van der Waals surface area (Å²) in [4.78, 5) is 0. The van der Waals surface area contributed by atoms with Crippen molar-refractivity contribution in [1.29, 1.82) is 0 Å². The number of nitrogens with two attached hydrogens (primary N) is 1. The molecule has 2 unspecified atom stereocenters. The van der Waals surface area contributed by atoms with Crippen LogP contribution in [-0.4, -0.2) is 6.04 Å². The summed E-state index contributed by atoms with van der Waals surface area (Å²) in [5.74, 6) is 2.79. The topological polar surface area (TPSA) is 38.0 Å². The SMILES string of the molecule is C#CC(CC)NC1CCc2cc(N)ccc21. The summed E-state index contributed by atoms with van der Waals surface area (Å²) in [6, 6.07) is 6.74. The number of aryl methyl sites for hydroxylation is 1. The van der Waals surface area contributed by atoms with Gasteiger partial charge >= 0.3 is 0 Å². The highest BCUT2D eigenvalue weighted by Gasteiger charge is 2.23. The van der Waals surface area contributed by atoms with Gasteiger partial charge in [0.1, 0.15) is 0 Å². The van der Waals surface area contributed by atoms with Crippen molar-refractivity contribution >= 4 is 5.69 Å². The second-order valence-corrected chi connectivity index (χ2v) is 4.34. The zero-order chi connectivity index (χ0) is 11.5. The lowest BCUT2D eigenvalue weighted by Gasteiger charge is -2.18. The molecule has 3 N–H and O–H groups in total. The maximum atomic E-state index is 5.78. The Morgan fingerprint density at radius 1 is 1.62 bits per heavy atom. The van der Waals surface area contributed by atoms with Crippen LogP contribution in [0, 0.1) is 12.3 Å². The molecule has 0 aliphatic heterocycles. The lowest BCUT2D eigenvalue weighted by molar-refractivity contribution is 0.481. The fourth-order valence-electron chi connectivity index (χ4n) is 2.34. The summed E-state index contributed by atoms with van der Waals surface area (Å²) < 4.78 is 0. The predicted molar refractivity (Wildman–Crippen MR) is 68.0 cm³/mol. The third-order valence-corrected chi connectivity index (χ3v) is 3.26. The first-order chi connectivity index (χ1) is 7.74. The predicted octanol–water partition coefficient (Wildman–Crippen LogP) is 2.26. The maximum Gasteiger partial charge on any atom is 0.0689 e. The largest absolute Gasteiger partial charge is 0.399 e. The summed E-state index contributed by atoms with van der Waals surface area (Å²) in [7, 11) is 0. The standard InChI is InChI=1S/C14H18N2/c1-3-12(4-2)16-14-8-5-10-9-11(15)6-7-13(10)14/h1,6-7,9,12,14,16H,4-5,8,15H2,2H3. The van der Waals surface area contributed by atoms with Gasteiger partial charge in [-0.1, -0.05) is 18.9 Å². The van der Waals surface area contributed by atoms with E-state index >= 15 is 0 Å². The third-order valence-electron chi connectivity index (χ3n) is 3.26. The number of anilines is 1. The normalized spacial score (nSPS) is 20.1. The van der Waals surface area contributed by atoms with Crippen LogP contribution >= 0.6 is 0 Å². The van der Waals surface area contributed by atoms with Crippen molar-refractivity contribution in [3.63, 3.8) is 0 Å². The lowest BCUT2D eigenvalue weighted by atomic mass is 10.1. The van der Waals surface area contributed by atoms with Crippen LogP contribution in [0.25, 0.3) is 0 Å². The minimum Gasteiger partial charge on any atom is -0.399 e. The summed E-state index contributed by atoms with van der Waals surface area (Å²) in [6.45, 7) is 2.11. The molecular formula is C14H18N2. The molecule has 1 aliphatic carbocycles. The minimum absolute atomic E-state index is 0.175. The van der Waals surface area contributed by atoms with E-state index in [0.29, 0.717) is 6.04 Å². The van der Waals surface area contributed by atoms with Crippen LogP contribution in [-0.2, 0) is 6.42 Å². The maximum absolute atomic E-state index is 5.78. The Bertz CT molecular complexity index is 417. The van der Waals surface area contributed by atoms with Crippen LogP contribution < -0.4 is 11.1 Å². The molecule has 0 aromatic heterocycles. The second-order valence-electron chi connectivity index (χ2n) is 4.34. The first kappa shape index (κ1) is 11.0. The van der Waals surface area contributed by atoms with Crippen LogP contribution in [0.1, 0.15) is 36.9 Å². The fourth-order valence-corrected chi connectivity index (χ4v) is 2.34. The van der Waals surface area contributed by atoms with E-state index in [2.05, 4.69) is 30.3 Å². The number of nitrogens with one attached hydrogen (secondary N) is 1. The van der Waals surface area contributed by atoms with Crippen molar-refractivity contribution < 1.29 is 0 Å². The Kier molecular flexibility index (Phi) is 3.17. The van der Waals surface area contributed by atoms with Gasteiger partial charge in [-0.2, -0.15) is 0 Å². The van der Waals surface area contributed by atoms with Crippen molar-refractivity contribution in [2.45, 2.75) is 38.3 Å². The van der Waals surface area contributed by atoms with Gasteiger partial charge in [-0.3, -0.25) is 5.32 Å². The van der Waals surface area contributed by atoms with Gasteiger partial charge in [0.2, 0.25) is 0 Å². The lowest BCUT2D eigenvalue weighted by Crippen LogP contribution is -2.30. The minimum atomic E-state index is 0.175. The molecule has 2 atom stereocenters. The van der Waals surface area contributed by atoms with Crippen molar-refractivity contribution in [2.75, 3.05) is 5.73 Å². The van der Waals surface area contributed by atoms with E-state index in [0.717, 1.165) is 24.9 Å². The number of terminal acetylenes is 1. The molecule has 0 saturated carbocycles. The van der Waals surface area contributed by atoms with Crippen molar-refractivity contribution in [1.82, 2.24) is 5.32 Å². The molecule has 2 heteroatoms. The zero-order valence-corrected chi connectivity index (χ0v) is 9.66. The molecule has 0 heterocycles. The van der Waals surface area contributed by atoms with Gasteiger partial charge in [-0.15, -0.1) is 6.42 Å². The Morgan fingerprint density at radius 3 is 3.12 bits per heavy atom. The van der Waals surface area contributed by atoms with E-state index in [4.69, 9.17) is 12.2 Å². The van der Waals surface area contributed by atoms with E-state index in [1.807, 2.05) is 6.07 Å². The van der Waals surface area contributed by atoms with Crippen LogP contribution in [0.3, 0.4) is 0 Å². The van der Waals surface area contributed by atoms with Crippen LogP contribution in [0.5, 0.6) is 0 Å². The van der Waals surface area contributed by atoms with Crippen molar-refractivity contribution in [3.8, 4) is 12.3 Å². The molecule has 0 amide bonds. The number of nitrogen functional groups attached to an aromatic ring is 1. The summed E-state index contributed by atoms with van der Waals surface area (Å²) >= 11 is 0. The van der Waals surface area contributed by atoms with Crippen LogP contribution in [0.2, 0.25) is 0 Å². The monoisotopic (exact) mass is 214 g/mol. The molecule has 0 fully saturated rings. The van der Waals surface area contributed by atoms with Crippen LogP contribution in [0.4, 0.5) is 5.69 Å². The van der Waals surface area contributed by atoms with Gasteiger partial charge in [0.15, 0.2) is 0 Å². The number of hydrogen-bond donors (Lipinski definition) is 2. The summed E-state index contributed by atoms with van der Waals surface area (Å²) in [5, 5.41) is 3.51. The molecule has 0 saturated heterocycles. The average Bonchev–Trinajstić information content (AvgIpc) is 2.68. The Hall–Kier alpha value is -1.46. The molecular weight excluding hydrogens is 196 g/mol. The third kappa shape index (κ3) is 2.05. The summed E-state index contributed by atoms with van der Waals surface area (Å²) in [6.07, 6.45) is 8.66. The van der Waals surface area contributed by atoms with Gasteiger partial charge in [-0.25, -0.2) is 0 Å². The molecule has 0 bridgehead atoms. The molecule has 1 aromatic carbocycles. The molecule has 16 heavy (non-hydrogen) atoms. The zero-order valence-electron chi connectivity index (χ0n) is 9.66. The first-order valence-corrected chi connectivity index (χ1v) is 5.85. The molecule has 84 valence electrons. The Labute approximate surface area is 97.2 Å². The highest BCUT2D eigenvalue weighted by Crippen LogP contribution is 2.32. The molecule has 1 aliphatic rings. The Morgan fingerprint density at radius 2 is 2.44 bits per heavy atom. The van der Waals surface area contributed by atoms with Crippen molar-refractivity contribution in [2.24, 2.45) is 0 Å². The van der Waals surface area contributed by atoms with Crippen LogP contribution in [0.15, 0.2) is 18.2 Å². The average molecular weight is 214 g/mol. The fraction of sp³-hybridized carbons (Fsp3) is 0.429. The van der Waals surface area contributed by atoms with Gasteiger partial charge in [0.25, 0.3) is 0 Å². The Balaban J connectivity index is 2.15. The van der Waals surface area contributed by atoms with E-state index < -0.39 is 0 Å². The van der Waals surface area contributed by atoms with E-state index in [9.17, 15) is 0 Å². The van der Waals surface area contributed by atoms with E-state index in [-0.39, 0.29) is 6.04 Å².